The lowest BCUT2D eigenvalue weighted by Gasteiger charge is -2.35. The monoisotopic (exact) mass is 524 g/mol. The second-order valence-corrected chi connectivity index (χ2v) is 11.0. The van der Waals surface area contributed by atoms with Crippen LogP contribution in [0.5, 0.6) is 0 Å². The quantitative estimate of drug-likeness (QED) is 0.306. The van der Waals surface area contributed by atoms with Gasteiger partial charge < -0.3 is 25.1 Å². The van der Waals surface area contributed by atoms with Crippen molar-refractivity contribution in [3.05, 3.63) is 41.3 Å². The van der Waals surface area contributed by atoms with Crippen LogP contribution in [-0.4, -0.2) is 39.2 Å². The summed E-state index contributed by atoms with van der Waals surface area (Å²) in [5.41, 5.74) is 7.41. The Hall–Kier alpha value is -2.99. The summed E-state index contributed by atoms with van der Waals surface area (Å²) in [6, 6.07) is 5.41. The summed E-state index contributed by atoms with van der Waals surface area (Å²) >= 11 is 0. The van der Waals surface area contributed by atoms with E-state index in [1.807, 2.05) is 32.1 Å². The van der Waals surface area contributed by atoms with E-state index in [-0.39, 0.29) is 31.1 Å². The Morgan fingerprint density at radius 2 is 2.00 bits per heavy atom. The van der Waals surface area contributed by atoms with Crippen LogP contribution in [0.3, 0.4) is 0 Å². The molecule has 8 heteroatoms. The number of aliphatic hydroxyl groups is 2. The van der Waals surface area contributed by atoms with Gasteiger partial charge >= 0.3 is 5.97 Å². The van der Waals surface area contributed by atoms with Gasteiger partial charge in [0.1, 0.15) is 17.4 Å². The van der Waals surface area contributed by atoms with Gasteiger partial charge in [-0.15, -0.1) is 12.3 Å². The fourth-order valence-electron chi connectivity index (χ4n) is 4.97. The maximum Gasteiger partial charge on any atom is 0.309 e. The highest BCUT2D eigenvalue weighted by molar-refractivity contribution is 5.88. The molecule has 4 N–H and O–H groups in total. The lowest BCUT2D eigenvalue weighted by Crippen LogP contribution is -2.46. The number of ether oxygens (including phenoxy) is 1. The summed E-state index contributed by atoms with van der Waals surface area (Å²) in [5.74, 6) is 0.936. The molecule has 1 aromatic heterocycles. The molecule has 2 aromatic rings. The molecule has 0 fully saturated rings. The van der Waals surface area contributed by atoms with Crippen molar-refractivity contribution < 1.29 is 29.0 Å². The number of ketones is 1. The van der Waals surface area contributed by atoms with Crippen LogP contribution in [0.1, 0.15) is 83.8 Å². The summed E-state index contributed by atoms with van der Waals surface area (Å²) in [4.78, 5) is 30.9. The minimum absolute atomic E-state index is 0.0579. The smallest absolute Gasteiger partial charge is 0.309 e. The molecule has 2 heterocycles. The fraction of sp³-hybridized carbons (Fsp3) is 0.567. The zero-order chi connectivity index (χ0) is 28.0. The molecule has 0 spiro atoms. The molecule has 0 radical (unpaired) electrons. The molecule has 206 valence electrons. The van der Waals surface area contributed by atoms with Gasteiger partial charge in [-0.1, -0.05) is 38.5 Å². The minimum atomic E-state index is -1.32. The van der Waals surface area contributed by atoms with Gasteiger partial charge in [0.2, 0.25) is 5.89 Å². The SMILES string of the molecule is C#CCC1C(=O)C(C)(C)C(O)CC(=O)OC(c2ccc3oc(CN)nc3c2)C/C=C(/C)CCCC(C)C1O. The van der Waals surface area contributed by atoms with Gasteiger partial charge in [-0.25, -0.2) is 4.98 Å². The summed E-state index contributed by atoms with van der Waals surface area (Å²) in [6.45, 7) is 7.27. The van der Waals surface area contributed by atoms with Gasteiger partial charge in [0.15, 0.2) is 5.58 Å². The lowest BCUT2D eigenvalue weighted by molar-refractivity contribution is -0.156. The number of Topliss-reactive ketones (excluding diaryl/α,β-unsaturated/α-hetero) is 1. The average Bonchev–Trinajstić information content (AvgIpc) is 3.30. The van der Waals surface area contributed by atoms with Gasteiger partial charge in [0.25, 0.3) is 0 Å². The second-order valence-electron chi connectivity index (χ2n) is 11.0. The normalized spacial score (nSPS) is 29.3. The Balaban J connectivity index is 1.94. The lowest BCUT2D eigenvalue weighted by atomic mass is 9.71. The van der Waals surface area contributed by atoms with Crippen molar-refractivity contribution in [3.63, 3.8) is 0 Å². The molecule has 0 amide bonds. The van der Waals surface area contributed by atoms with E-state index in [9.17, 15) is 19.8 Å². The van der Waals surface area contributed by atoms with E-state index < -0.39 is 35.6 Å². The number of aliphatic hydroxyl groups excluding tert-OH is 2. The summed E-state index contributed by atoms with van der Waals surface area (Å²) in [6.07, 6.45) is 7.16. The third kappa shape index (κ3) is 6.90. The Morgan fingerprint density at radius 1 is 1.26 bits per heavy atom. The number of terminal acetylenes is 1. The summed E-state index contributed by atoms with van der Waals surface area (Å²) in [7, 11) is 0. The number of oxazole rings is 1. The van der Waals surface area contributed by atoms with Gasteiger partial charge in [-0.2, -0.15) is 0 Å². The van der Waals surface area contributed by atoms with E-state index >= 15 is 0 Å². The van der Waals surface area contributed by atoms with Crippen molar-refractivity contribution in [2.45, 2.75) is 91.1 Å². The van der Waals surface area contributed by atoms with Crippen LogP contribution < -0.4 is 5.73 Å². The Bertz CT molecular complexity index is 1210. The third-order valence-electron chi connectivity index (χ3n) is 7.68. The number of aromatic nitrogens is 1. The highest BCUT2D eigenvalue weighted by Crippen LogP contribution is 2.35. The molecular weight excluding hydrogens is 484 g/mol. The molecule has 38 heavy (non-hydrogen) atoms. The van der Waals surface area contributed by atoms with Crippen molar-refractivity contribution in [3.8, 4) is 12.3 Å². The molecule has 0 saturated heterocycles. The zero-order valence-corrected chi connectivity index (χ0v) is 22.8. The number of carbonyl (C=O) groups excluding carboxylic acids is 2. The molecule has 1 aliphatic rings. The van der Waals surface area contributed by atoms with Gasteiger partial charge in [-0.3, -0.25) is 9.59 Å². The number of cyclic esters (lactones) is 1. The van der Waals surface area contributed by atoms with E-state index in [0.717, 1.165) is 24.0 Å². The van der Waals surface area contributed by atoms with E-state index in [0.29, 0.717) is 29.8 Å². The van der Waals surface area contributed by atoms with Gasteiger partial charge in [0.05, 0.1) is 36.5 Å². The van der Waals surface area contributed by atoms with Crippen LogP contribution in [0.4, 0.5) is 0 Å². The average molecular weight is 525 g/mol. The van der Waals surface area contributed by atoms with Crippen LogP contribution >= 0.6 is 0 Å². The number of esters is 1. The first-order valence-corrected chi connectivity index (χ1v) is 13.3. The van der Waals surface area contributed by atoms with E-state index in [4.69, 9.17) is 21.3 Å². The molecule has 5 atom stereocenters. The first-order chi connectivity index (χ1) is 18.0. The van der Waals surface area contributed by atoms with E-state index in [1.165, 1.54) is 0 Å². The highest BCUT2D eigenvalue weighted by atomic mass is 16.5. The van der Waals surface area contributed by atoms with Crippen molar-refractivity contribution in [2.75, 3.05) is 0 Å². The van der Waals surface area contributed by atoms with Crippen molar-refractivity contribution in [1.29, 1.82) is 0 Å². The number of benzene rings is 1. The molecule has 1 aromatic carbocycles. The third-order valence-corrected chi connectivity index (χ3v) is 7.68. The molecule has 3 rings (SSSR count). The molecule has 0 saturated carbocycles. The number of hydrogen-bond donors (Lipinski definition) is 3. The fourth-order valence-corrected chi connectivity index (χ4v) is 4.97. The van der Waals surface area contributed by atoms with Crippen LogP contribution in [-0.2, 0) is 20.9 Å². The maximum absolute atomic E-state index is 13.5. The van der Waals surface area contributed by atoms with E-state index in [1.54, 1.807) is 19.9 Å². The number of hydrogen-bond acceptors (Lipinski definition) is 8. The van der Waals surface area contributed by atoms with Crippen molar-refractivity contribution in [1.82, 2.24) is 4.98 Å². The number of nitrogens with two attached hydrogens (primary N) is 1. The van der Waals surface area contributed by atoms with Crippen molar-refractivity contribution >= 4 is 22.9 Å². The molecule has 8 nitrogen and oxygen atoms in total. The topological polar surface area (TPSA) is 136 Å². The Kier molecular flexibility index (Phi) is 9.88. The predicted molar refractivity (Wildman–Crippen MR) is 144 cm³/mol. The van der Waals surface area contributed by atoms with Crippen LogP contribution in [0.25, 0.3) is 11.1 Å². The second kappa shape index (κ2) is 12.7. The number of carbonyl (C=O) groups is 2. The van der Waals surface area contributed by atoms with Crippen LogP contribution in [0.2, 0.25) is 0 Å². The number of allylic oxidation sites excluding steroid dienone is 1. The summed E-state index contributed by atoms with van der Waals surface area (Å²) in [5, 5.41) is 22.0. The summed E-state index contributed by atoms with van der Waals surface area (Å²) < 4.78 is 11.5. The Morgan fingerprint density at radius 3 is 2.68 bits per heavy atom. The Labute approximate surface area is 224 Å². The van der Waals surface area contributed by atoms with Gasteiger partial charge in [0, 0.05) is 12.8 Å². The standard InChI is InChI=1S/C30H40N2O6/c1-6-8-21-28(35)19(3)10-7-9-18(2)11-13-23(38-27(34)16-25(33)30(4,5)29(21)36)20-12-14-24-22(15-20)32-26(17-31)37-24/h1,11-12,14-15,19,21,23,25,28,33,35H,7-10,13,16-17,31H2,2-5H3/b18-11-. The van der Waals surface area contributed by atoms with Crippen LogP contribution in [0.15, 0.2) is 34.3 Å². The number of nitrogens with zero attached hydrogens (tertiary/aromatic N) is 1. The van der Waals surface area contributed by atoms with Gasteiger partial charge in [-0.05, 0) is 49.8 Å². The van der Waals surface area contributed by atoms with Crippen LogP contribution in [0, 0.1) is 29.6 Å². The number of rotatable bonds is 3. The predicted octanol–water partition coefficient (Wildman–Crippen LogP) is 4.37. The largest absolute Gasteiger partial charge is 0.457 e. The highest BCUT2D eigenvalue weighted by Gasteiger charge is 2.43. The molecule has 0 bridgehead atoms. The minimum Gasteiger partial charge on any atom is -0.457 e. The molecule has 1 aliphatic heterocycles. The van der Waals surface area contributed by atoms with Crippen molar-refractivity contribution in [2.24, 2.45) is 23.0 Å². The zero-order valence-electron chi connectivity index (χ0n) is 22.8. The molecule has 5 unspecified atom stereocenters. The molecule has 0 aliphatic carbocycles. The number of fused-ring (bicyclic) bond motifs is 1. The first-order valence-electron chi connectivity index (χ1n) is 13.3. The molecular formula is C30H40N2O6. The van der Waals surface area contributed by atoms with E-state index in [2.05, 4.69) is 10.9 Å². The maximum atomic E-state index is 13.5. The first kappa shape index (κ1) is 29.6.